The number of aryl methyl sites for hydroxylation is 1. The molecular weight excluding hydrogens is 280 g/mol. The summed E-state index contributed by atoms with van der Waals surface area (Å²) in [6, 6.07) is 0. The molecule has 0 aliphatic heterocycles. The highest BCUT2D eigenvalue weighted by atomic mass is 32.2. The standard InChI is InChI=1S/C13H22N2O4S/c1-6-19-12(16)11-9(2)14-7-10(11)15-20(17,18)8-13(3,4)5/h7,14-15H,6,8H2,1-5H3. The fraction of sp³-hybridized carbons (Fsp3) is 0.615. The van der Waals surface area contributed by atoms with Gasteiger partial charge >= 0.3 is 5.97 Å². The number of carbonyl (C=O) groups excluding carboxylic acids is 1. The summed E-state index contributed by atoms with van der Waals surface area (Å²) in [7, 11) is -3.53. The minimum Gasteiger partial charge on any atom is -0.462 e. The van der Waals surface area contributed by atoms with Crippen molar-refractivity contribution >= 4 is 21.7 Å². The number of aromatic amines is 1. The van der Waals surface area contributed by atoms with Crippen LogP contribution in [-0.2, 0) is 14.8 Å². The van der Waals surface area contributed by atoms with Crippen molar-refractivity contribution in [2.75, 3.05) is 17.1 Å². The molecule has 6 nitrogen and oxygen atoms in total. The maximum Gasteiger partial charge on any atom is 0.342 e. The molecule has 1 heterocycles. The predicted molar refractivity (Wildman–Crippen MR) is 78.4 cm³/mol. The Morgan fingerprint density at radius 1 is 1.40 bits per heavy atom. The summed E-state index contributed by atoms with van der Waals surface area (Å²) in [6.07, 6.45) is 1.46. The molecule has 1 rings (SSSR count). The molecule has 7 heteroatoms. The number of H-pyrrole nitrogens is 1. The number of hydrogen-bond donors (Lipinski definition) is 2. The first-order chi connectivity index (χ1) is 9.06. The van der Waals surface area contributed by atoms with Gasteiger partial charge in [0.15, 0.2) is 0 Å². The lowest BCUT2D eigenvalue weighted by atomic mass is 10.0. The number of sulfonamides is 1. The molecule has 0 atom stereocenters. The van der Waals surface area contributed by atoms with Crippen LogP contribution >= 0.6 is 0 Å². The lowest BCUT2D eigenvalue weighted by Gasteiger charge is -2.18. The smallest absolute Gasteiger partial charge is 0.342 e. The largest absolute Gasteiger partial charge is 0.462 e. The number of rotatable bonds is 5. The van der Waals surface area contributed by atoms with Crippen molar-refractivity contribution in [3.63, 3.8) is 0 Å². The van der Waals surface area contributed by atoms with Crippen LogP contribution in [0.2, 0.25) is 0 Å². The Morgan fingerprint density at radius 2 is 2.00 bits per heavy atom. The van der Waals surface area contributed by atoms with Gasteiger partial charge in [-0.05, 0) is 19.3 Å². The van der Waals surface area contributed by atoms with Crippen molar-refractivity contribution < 1.29 is 17.9 Å². The summed E-state index contributed by atoms with van der Waals surface area (Å²) in [5, 5.41) is 0. The summed E-state index contributed by atoms with van der Waals surface area (Å²) in [5.41, 5.74) is 0.646. The second-order valence-corrected chi connectivity index (χ2v) is 7.57. The van der Waals surface area contributed by atoms with Crippen molar-refractivity contribution in [3.8, 4) is 0 Å². The number of hydrogen-bond acceptors (Lipinski definition) is 4. The van der Waals surface area contributed by atoms with E-state index in [-0.39, 0.29) is 29.0 Å². The predicted octanol–water partition coefficient (Wildman–Crippen LogP) is 2.29. The van der Waals surface area contributed by atoms with Crippen LogP contribution in [0.4, 0.5) is 5.69 Å². The Labute approximate surface area is 120 Å². The normalized spacial score (nSPS) is 12.2. The Bertz CT molecular complexity index is 582. The monoisotopic (exact) mass is 302 g/mol. The van der Waals surface area contributed by atoms with Gasteiger partial charge in [-0.2, -0.15) is 0 Å². The molecule has 0 saturated heterocycles. The van der Waals surface area contributed by atoms with Gasteiger partial charge in [-0.25, -0.2) is 13.2 Å². The summed E-state index contributed by atoms with van der Waals surface area (Å²) >= 11 is 0. The molecule has 1 aromatic rings. The second-order valence-electron chi connectivity index (χ2n) is 5.84. The van der Waals surface area contributed by atoms with Gasteiger partial charge in [0, 0.05) is 11.9 Å². The van der Waals surface area contributed by atoms with Crippen molar-refractivity contribution in [2.45, 2.75) is 34.6 Å². The van der Waals surface area contributed by atoms with Crippen LogP contribution in [0.25, 0.3) is 0 Å². The summed E-state index contributed by atoms with van der Waals surface area (Å²) in [4.78, 5) is 14.7. The van der Waals surface area contributed by atoms with E-state index in [4.69, 9.17) is 4.74 Å². The fourth-order valence-corrected chi connectivity index (χ4v) is 3.56. The highest BCUT2D eigenvalue weighted by Crippen LogP contribution is 2.24. The minimum atomic E-state index is -3.53. The Balaban J connectivity index is 3.02. The molecule has 2 N–H and O–H groups in total. The second kappa shape index (κ2) is 5.87. The molecule has 114 valence electrons. The highest BCUT2D eigenvalue weighted by molar-refractivity contribution is 7.92. The first-order valence-corrected chi connectivity index (χ1v) is 8.06. The van der Waals surface area contributed by atoms with E-state index in [2.05, 4.69) is 9.71 Å². The zero-order chi connectivity index (χ0) is 15.6. The zero-order valence-corrected chi connectivity index (χ0v) is 13.3. The van der Waals surface area contributed by atoms with Gasteiger partial charge in [-0.3, -0.25) is 4.72 Å². The third-order valence-electron chi connectivity index (χ3n) is 2.45. The van der Waals surface area contributed by atoms with Crippen LogP contribution in [-0.4, -0.2) is 31.7 Å². The molecule has 0 radical (unpaired) electrons. The SMILES string of the molecule is CCOC(=O)c1c(NS(=O)(=O)CC(C)(C)C)c[nH]c1C. The number of anilines is 1. The quantitative estimate of drug-likeness (QED) is 0.817. The molecule has 0 fully saturated rings. The van der Waals surface area contributed by atoms with Crippen LogP contribution in [0, 0.1) is 12.3 Å². The average Bonchev–Trinajstić information content (AvgIpc) is 2.55. The van der Waals surface area contributed by atoms with Gasteiger partial charge in [0.05, 0.1) is 18.0 Å². The third kappa shape index (κ3) is 4.56. The van der Waals surface area contributed by atoms with E-state index in [1.165, 1.54) is 6.20 Å². The van der Waals surface area contributed by atoms with Gasteiger partial charge in [0.1, 0.15) is 5.56 Å². The summed E-state index contributed by atoms with van der Waals surface area (Å²) in [6.45, 7) is 9.12. The van der Waals surface area contributed by atoms with Crippen molar-refractivity contribution in [3.05, 3.63) is 17.5 Å². The zero-order valence-electron chi connectivity index (χ0n) is 12.5. The molecule has 0 spiro atoms. The minimum absolute atomic E-state index is 0.0352. The molecule has 0 aliphatic rings. The van der Waals surface area contributed by atoms with Gasteiger partial charge in [-0.1, -0.05) is 20.8 Å². The van der Waals surface area contributed by atoms with E-state index in [0.717, 1.165) is 0 Å². The molecule has 0 aromatic carbocycles. The Morgan fingerprint density at radius 3 is 2.50 bits per heavy atom. The maximum atomic E-state index is 12.1. The number of carbonyl (C=O) groups is 1. The molecule has 1 aromatic heterocycles. The lowest BCUT2D eigenvalue weighted by molar-refractivity contribution is 0.0527. The van der Waals surface area contributed by atoms with Crippen LogP contribution in [0.1, 0.15) is 43.7 Å². The molecule has 0 aliphatic carbocycles. The van der Waals surface area contributed by atoms with Crippen LogP contribution in [0.3, 0.4) is 0 Å². The van der Waals surface area contributed by atoms with Gasteiger partial charge in [0.2, 0.25) is 10.0 Å². The first kappa shape index (κ1) is 16.6. The Kier molecular flexibility index (Phi) is 4.86. The average molecular weight is 302 g/mol. The number of ether oxygens (including phenoxy) is 1. The molecule has 0 unspecified atom stereocenters. The summed E-state index contributed by atoms with van der Waals surface area (Å²) < 4.78 is 31.5. The maximum absolute atomic E-state index is 12.1. The highest BCUT2D eigenvalue weighted by Gasteiger charge is 2.25. The molecule has 20 heavy (non-hydrogen) atoms. The lowest BCUT2D eigenvalue weighted by Crippen LogP contribution is -2.26. The van der Waals surface area contributed by atoms with E-state index >= 15 is 0 Å². The topological polar surface area (TPSA) is 88.3 Å². The van der Waals surface area contributed by atoms with Crippen molar-refractivity contribution in [1.29, 1.82) is 0 Å². The first-order valence-electron chi connectivity index (χ1n) is 6.41. The fourth-order valence-electron chi connectivity index (χ4n) is 1.85. The van der Waals surface area contributed by atoms with Gasteiger partial charge < -0.3 is 9.72 Å². The molecular formula is C13H22N2O4S. The van der Waals surface area contributed by atoms with E-state index in [1.807, 2.05) is 20.8 Å². The van der Waals surface area contributed by atoms with Gasteiger partial charge in [0.25, 0.3) is 0 Å². The van der Waals surface area contributed by atoms with E-state index < -0.39 is 16.0 Å². The van der Waals surface area contributed by atoms with Gasteiger partial charge in [-0.15, -0.1) is 0 Å². The molecule has 0 amide bonds. The number of esters is 1. The summed E-state index contributed by atoms with van der Waals surface area (Å²) in [5.74, 6) is -0.577. The van der Waals surface area contributed by atoms with E-state index in [0.29, 0.717) is 5.69 Å². The van der Waals surface area contributed by atoms with Crippen LogP contribution < -0.4 is 4.72 Å². The van der Waals surface area contributed by atoms with E-state index in [1.54, 1.807) is 13.8 Å². The van der Waals surface area contributed by atoms with Crippen LogP contribution in [0.15, 0.2) is 6.20 Å². The Hall–Kier alpha value is -1.50. The van der Waals surface area contributed by atoms with Crippen LogP contribution in [0.5, 0.6) is 0 Å². The molecule has 0 saturated carbocycles. The third-order valence-corrected chi connectivity index (χ3v) is 4.22. The number of nitrogens with one attached hydrogen (secondary N) is 2. The van der Waals surface area contributed by atoms with Crippen molar-refractivity contribution in [1.82, 2.24) is 4.98 Å². The molecule has 0 bridgehead atoms. The van der Waals surface area contributed by atoms with E-state index in [9.17, 15) is 13.2 Å². The van der Waals surface area contributed by atoms with Crippen molar-refractivity contribution in [2.24, 2.45) is 5.41 Å². The number of aromatic nitrogens is 1.